The number of pyridine rings is 1. The first-order valence-corrected chi connectivity index (χ1v) is 16.1. The summed E-state index contributed by atoms with van der Waals surface area (Å²) in [4.78, 5) is 34.2. The predicted octanol–water partition coefficient (Wildman–Crippen LogP) is 6.37. The lowest BCUT2D eigenvalue weighted by Gasteiger charge is -2.38. The van der Waals surface area contributed by atoms with Gasteiger partial charge < -0.3 is 24.4 Å². The molecule has 1 N–H and O–H groups in total. The first-order chi connectivity index (χ1) is 20.9. The van der Waals surface area contributed by atoms with E-state index < -0.39 is 11.4 Å². The van der Waals surface area contributed by atoms with Crippen LogP contribution in [0.2, 0.25) is 0 Å². The molecule has 0 spiro atoms. The summed E-state index contributed by atoms with van der Waals surface area (Å²) in [6.45, 7) is 12.9. The summed E-state index contributed by atoms with van der Waals surface area (Å²) >= 11 is 0. The smallest absolute Gasteiger partial charge is 0.407 e. The maximum Gasteiger partial charge on any atom is 0.407 e. The fourth-order valence-corrected chi connectivity index (χ4v) is 7.58. The van der Waals surface area contributed by atoms with Crippen LogP contribution in [-0.4, -0.2) is 75.7 Å². The quantitative estimate of drug-likeness (QED) is 0.339. The number of halogens is 1. The van der Waals surface area contributed by atoms with Crippen LogP contribution >= 0.6 is 0 Å². The van der Waals surface area contributed by atoms with E-state index in [1.807, 2.05) is 51.6 Å². The number of likely N-dealkylation sites (tertiary alicyclic amines) is 1. The Morgan fingerprint density at radius 3 is 2.48 bits per heavy atom. The molecule has 3 heterocycles. The van der Waals surface area contributed by atoms with Crippen LogP contribution in [0.5, 0.6) is 0 Å². The number of hydrogen-bond donors (Lipinski definition) is 1. The van der Waals surface area contributed by atoms with Gasteiger partial charge in [-0.3, -0.25) is 9.78 Å². The number of rotatable bonds is 7. The molecule has 1 aliphatic heterocycles. The summed E-state index contributed by atoms with van der Waals surface area (Å²) in [5.41, 5.74) is 2.79. The van der Waals surface area contributed by atoms with Gasteiger partial charge in [0.15, 0.2) is 0 Å². The number of nitrogens with zero attached hydrogens (tertiary/aromatic N) is 4. The molecule has 2 unspecified atom stereocenters. The molecule has 44 heavy (non-hydrogen) atoms. The third-order valence-electron chi connectivity index (χ3n) is 9.92. The highest BCUT2D eigenvalue weighted by Crippen LogP contribution is 2.48. The zero-order valence-corrected chi connectivity index (χ0v) is 26.8. The van der Waals surface area contributed by atoms with Crippen LogP contribution in [0.25, 0.3) is 16.6 Å². The third-order valence-corrected chi connectivity index (χ3v) is 9.92. The molecule has 2 saturated carbocycles. The van der Waals surface area contributed by atoms with Crippen LogP contribution in [0.1, 0.15) is 82.1 Å². The van der Waals surface area contributed by atoms with Crippen molar-refractivity contribution in [3.8, 4) is 5.69 Å². The van der Waals surface area contributed by atoms with Crippen molar-refractivity contribution < 1.29 is 18.7 Å². The highest BCUT2D eigenvalue weighted by Gasteiger charge is 2.43. The molecule has 3 aromatic rings. The van der Waals surface area contributed by atoms with Crippen LogP contribution in [-0.2, 0) is 4.74 Å². The van der Waals surface area contributed by atoms with Gasteiger partial charge in [-0.15, -0.1) is 0 Å². The van der Waals surface area contributed by atoms with Gasteiger partial charge in [0.25, 0.3) is 5.91 Å². The normalized spacial score (nSPS) is 25.2. The number of aromatic nitrogens is 2. The fourth-order valence-electron chi connectivity index (χ4n) is 7.58. The molecule has 6 rings (SSSR count). The number of hydrogen-bond acceptors (Lipinski definition) is 5. The monoisotopic (exact) mass is 603 g/mol. The molecular formula is C35H46FN5O3. The number of ether oxygens (including phenoxy) is 1. The summed E-state index contributed by atoms with van der Waals surface area (Å²) in [7, 11) is 1.76. The number of carbonyl (C=O) groups is 2. The van der Waals surface area contributed by atoms with Crippen LogP contribution in [0.15, 0.2) is 42.9 Å². The number of fused-ring (bicyclic) bond motifs is 2. The second kappa shape index (κ2) is 11.8. The highest BCUT2D eigenvalue weighted by molar-refractivity contribution is 5.99. The Bertz CT molecular complexity index is 1520. The minimum Gasteiger partial charge on any atom is -0.444 e. The van der Waals surface area contributed by atoms with E-state index in [2.05, 4.69) is 27.5 Å². The SMILES string of the molecule is CC(C)N(C)C(=O)c1cc(F)ccc1-n1cc(C2CC3CN(CC4CC(NC(=O)OC(C)(C)C)C4)CC3C2)c2ccncc21. The largest absolute Gasteiger partial charge is 0.444 e. The number of alkyl carbamates (subject to hydrolysis) is 1. The van der Waals surface area contributed by atoms with Crippen LogP contribution in [0.4, 0.5) is 9.18 Å². The zero-order chi connectivity index (χ0) is 31.3. The van der Waals surface area contributed by atoms with Gasteiger partial charge in [0.2, 0.25) is 0 Å². The van der Waals surface area contributed by atoms with Crippen molar-refractivity contribution >= 4 is 22.9 Å². The van der Waals surface area contributed by atoms with E-state index in [-0.39, 0.29) is 24.1 Å². The van der Waals surface area contributed by atoms with Crippen molar-refractivity contribution in [1.29, 1.82) is 0 Å². The van der Waals surface area contributed by atoms with E-state index in [0.29, 0.717) is 34.9 Å². The first-order valence-electron chi connectivity index (χ1n) is 16.1. The van der Waals surface area contributed by atoms with Crippen LogP contribution in [0, 0.1) is 23.6 Å². The average Bonchev–Trinajstić information content (AvgIpc) is 3.61. The molecule has 2 aliphatic carbocycles. The lowest BCUT2D eigenvalue weighted by Crippen LogP contribution is -2.48. The van der Waals surface area contributed by atoms with Crippen molar-refractivity contribution in [1.82, 2.24) is 24.7 Å². The Hall–Kier alpha value is -3.46. The van der Waals surface area contributed by atoms with E-state index in [4.69, 9.17) is 4.74 Å². The molecule has 236 valence electrons. The molecule has 8 nitrogen and oxygen atoms in total. The second-order valence-electron chi connectivity index (χ2n) is 14.6. The highest BCUT2D eigenvalue weighted by atomic mass is 19.1. The first kappa shape index (κ1) is 30.6. The van der Waals surface area contributed by atoms with Gasteiger partial charge in [-0.05, 0) is 114 Å². The molecule has 0 radical (unpaired) electrons. The van der Waals surface area contributed by atoms with Gasteiger partial charge in [0.1, 0.15) is 11.4 Å². The summed E-state index contributed by atoms with van der Waals surface area (Å²) in [5.74, 6) is 1.77. The van der Waals surface area contributed by atoms with E-state index in [0.717, 1.165) is 56.2 Å². The molecule has 9 heteroatoms. The Labute approximate surface area is 259 Å². The van der Waals surface area contributed by atoms with Crippen molar-refractivity contribution in [2.24, 2.45) is 17.8 Å². The van der Waals surface area contributed by atoms with Gasteiger partial charge in [-0.2, -0.15) is 0 Å². The van der Waals surface area contributed by atoms with Crippen molar-refractivity contribution in [3.05, 3.63) is 59.8 Å². The number of carbonyl (C=O) groups excluding carboxylic acids is 2. The minimum absolute atomic E-state index is 0.00524. The number of nitrogens with one attached hydrogen (secondary N) is 1. The average molecular weight is 604 g/mol. The molecule has 1 saturated heterocycles. The van der Waals surface area contributed by atoms with Gasteiger partial charge in [-0.1, -0.05) is 0 Å². The van der Waals surface area contributed by atoms with Gasteiger partial charge >= 0.3 is 6.09 Å². The topological polar surface area (TPSA) is 79.7 Å². The van der Waals surface area contributed by atoms with Gasteiger partial charge in [0.05, 0.1) is 23.0 Å². The summed E-state index contributed by atoms with van der Waals surface area (Å²) in [6.07, 6.45) is 9.85. The Morgan fingerprint density at radius 2 is 1.82 bits per heavy atom. The standard InChI is InChI=1S/C35H46FN5O3/c1-21(2)39(6)33(42)29-15-26(36)7-8-31(29)41-20-30(28-9-10-37-16-32(28)41)23-13-24-18-40(19-25(24)14-23)17-22-11-27(12-22)38-34(43)44-35(3,4)5/h7-10,15-16,20-25,27H,11-14,17-19H2,1-6H3,(H,38,43). The maximum absolute atomic E-state index is 14.4. The van der Waals surface area contributed by atoms with E-state index in [9.17, 15) is 14.0 Å². The third kappa shape index (κ3) is 6.21. The lowest BCUT2D eigenvalue weighted by atomic mass is 9.80. The van der Waals surface area contributed by atoms with E-state index >= 15 is 0 Å². The molecule has 2 aromatic heterocycles. The van der Waals surface area contributed by atoms with E-state index in [1.54, 1.807) is 18.0 Å². The number of amides is 2. The lowest BCUT2D eigenvalue weighted by molar-refractivity contribution is 0.0437. The van der Waals surface area contributed by atoms with Crippen LogP contribution in [0.3, 0.4) is 0 Å². The predicted molar refractivity (Wildman–Crippen MR) is 170 cm³/mol. The molecular weight excluding hydrogens is 557 g/mol. The summed E-state index contributed by atoms with van der Waals surface area (Å²) < 4.78 is 21.9. The Kier molecular flexibility index (Phi) is 8.20. The van der Waals surface area contributed by atoms with Crippen molar-refractivity contribution in [2.45, 2.75) is 83.9 Å². The minimum atomic E-state index is -0.475. The summed E-state index contributed by atoms with van der Waals surface area (Å²) in [6, 6.07) is 6.78. The Balaban J connectivity index is 1.12. The molecule has 3 aliphatic rings. The maximum atomic E-state index is 14.4. The van der Waals surface area contributed by atoms with Crippen LogP contribution < -0.4 is 5.32 Å². The van der Waals surface area contributed by atoms with Gasteiger partial charge in [0, 0.05) is 56.5 Å². The van der Waals surface area contributed by atoms with Crippen molar-refractivity contribution in [3.63, 3.8) is 0 Å². The molecule has 2 amide bonds. The van der Waals surface area contributed by atoms with Crippen molar-refractivity contribution in [2.75, 3.05) is 26.7 Å². The second-order valence-corrected chi connectivity index (χ2v) is 14.6. The molecule has 0 bridgehead atoms. The molecule has 1 aromatic carbocycles. The zero-order valence-electron chi connectivity index (χ0n) is 26.8. The van der Waals surface area contributed by atoms with Gasteiger partial charge in [-0.25, -0.2) is 9.18 Å². The Morgan fingerprint density at radius 1 is 1.11 bits per heavy atom. The fraction of sp³-hybridized carbons (Fsp3) is 0.571. The number of benzene rings is 1. The molecule has 3 fully saturated rings. The summed E-state index contributed by atoms with van der Waals surface area (Å²) in [5, 5.41) is 4.17. The molecule has 2 atom stereocenters. The van der Waals surface area contributed by atoms with E-state index in [1.165, 1.54) is 17.7 Å².